The number of phenols is 2. The molecule has 1 aliphatic carbocycles. The summed E-state index contributed by atoms with van der Waals surface area (Å²) in [5.41, 5.74) is -2.19. The van der Waals surface area contributed by atoms with Gasteiger partial charge in [0.1, 0.15) is 40.5 Å². The molecule has 11 heteroatoms. The minimum atomic E-state index is -1.67. The topological polar surface area (TPSA) is 179 Å². The number of nitrogens with one attached hydrogen (secondary N) is 2. The smallest absolute Gasteiger partial charge is 0.322 e. The molecule has 1 atom stereocenters. The van der Waals surface area contributed by atoms with Crippen LogP contribution in [0.15, 0.2) is 23.1 Å². The largest absolute Gasteiger partial charge is 0.507 e. The third-order valence-corrected chi connectivity index (χ3v) is 5.71. The first kappa shape index (κ1) is 23.5. The van der Waals surface area contributed by atoms with Gasteiger partial charge in [0, 0.05) is 17.3 Å². The third-order valence-electron chi connectivity index (χ3n) is 5.71. The van der Waals surface area contributed by atoms with Crippen molar-refractivity contribution in [2.45, 2.75) is 33.1 Å². The number of carbonyl (C=O) groups excluding carboxylic acids is 4. The summed E-state index contributed by atoms with van der Waals surface area (Å²) in [5.74, 6) is -5.15. The Hall–Kier alpha value is -4.15. The number of carboxylic acids is 1. The molecule has 1 amide bonds. The number of amides is 1. The summed E-state index contributed by atoms with van der Waals surface area (Å²) in [7, 11) is 0. The highest BCUT2D eigenvalue weighted by atomic mass is 16.5. The summed E-state index contributed by atoms with van der Waals surface area (Å²) >= 11 is 0. The van der Waals surface area contributed by atoms with Crippen LogP contribution in [0.4, 0.5) is 0 Å². The Balaban J connectivity index is 2.07. The average Bonchev–Trinajstić information content (AvgIpc) is 3.02. The summed E-state index contributed by atoms with van der Waals surface area (Å²) in [6.45, 7) is 4.41. The van der Waals surface area contributed by atoms with Gasteiger partial charge in [-0.1, -0.05) is 0 Å². The summed E-state index contributed by atoms with van der Waals surface area (Å²) in [4.78, 5) is 60.8. The van der Waals surface area contributed by atoms with E-state index in [2.05, 4.69) is 10.6 Å². The molecule has 1 heterocycles. The molecule has 1 aromatic carbocycles. The van der Waals surface area contributed by atoms with E-state index in [4.69, 9.17) is 9.84 Å². The first-order valence-electron chi connectivity index (χ1n) is 9.84. The number of benzene rings is 1. The minimum absolute atomic E-state index is 0.0230. The van der Waals surface area contributed by atoms with Crippen molar-refractivity contribution in [2.24, 2.45) is 0 Å². The number of ketones is 3. The Bertz CT molecular complexity index is 1210. The van der Waals surface area contributed by atoms with Crippen LogP contribution in [0.2, 0.25) is 0 Å². The molecule has 0 fully saturated rings. The fraction of sp³-hybridized carbons (Fsp3) is 0.318. The van der Waals surface area contributed by atoms with Crippen LogP contribution in [0.25, 0.3) is 0 Å². The summed E-state index contributed by atoms with van der Waals surface area (Å²) in [6.07, 6.45) is 1.06. The van der Waals surface area contributed by atoms with Gasteiger partial charge in [-0.15, -0.1) is 0 Å². The van der Waals surface area contributed by atoms with E-state index in [9.17, 15) is 34.2 Å². The van der Waals surface area contributed by atoms with Gasteiger partial charge in [0.15, 0.2) is 17.3 Å². The zero-order valence-corrected chi connectivity index (χ0v) is 18.3. The highest BCUT2D eigenvalue weighted by Crippen LogP contribution is 2.57. The van der Waals surface area contributed by atoms with E-state index in [0.717, 1.165) is 6.08 Å². The second-order valence-corrected chi connectivity index (χ2v) is 7.91. The van der Waals surface area contributed by atoms with E-state index in [1.807, 2.05) is 0 Å². The predicted molar refractivity (Wildman–Crippen MR) is 112 cm³/mol. The first-order chi connectivity index (χ1) is 15.3. The fourth-order valence-electron chi connectivity index (χ4n) is 3.90. The molecular formula is C22H22N2O9. The molecule has 0 spiro atoms. The Morgan fingerprint density at radius 3 is 2.27 bits per heavy atom. The lowest BCUT2D eigenvalue weighted by atomic mass is 9.70. The number of fused-ring (bicyclic) bond motifs is 3. The molecule has 2 aliphatic rings. The number of allylic oxidation sites excluding steroid dienone is 4. The summed E-state index contributed by atoms with van der Waals surface area (Å²) in [5, 5.41) is 34.5. The quantitative estimate of drug-likeness (QED) is 0.227. The molecule has 0 radical (unpaired) electrons. The second-order valence-electron chi connectivity index (χ2n) is 7.91. The fourth-order valence-corrected chi connectivity index (χ4v) is 3.90. The molecule has 1 aromatic rings. The van der Waals surface area contributed by atoms with Crippen molar-refractivity contribution in [2.75, 3.05) is 13.1 Å². The van der Waals surface area contributed by atoms with Crippen LogP contribution < -0.4 is 15.4 Å². The van der Waals surface area contributed by atoms with Crippen molar-refractivity contribution in [3.63, 3.8) is 0 Å². The molecule has 0 saturated heterocycles. The van der Waals surface area contributed by atoms with E-state index in [1.165, 1.54) is 27.7 Å². The maximum atomic E-state index is 13.6. The number of carboxylic acid groups (broad SMARTS) is 1. The van der Waals surface area contributed by atoms with Gasteiger partial charge < -0.3 is 30.7 Å². The molecule has 0 aromatic heterocycles. The van der Waals surface area contributed by atoms with E-state index in [-0.39, 0.29) is 39.5 Å². The zero-order chi connectivity index (χ0) is 24.8. The van der Waals surface area contributed by atoms with Crippen molar-refractivity contribution in [3.05, 3.63) is 39.8 Å². The predicted octanol–water partition coefficient (Wildman–Crippen LogP) is 0.359. The van der Waals surface area contributed by atoms with Crippen LogP contribution in [0.3, 0.4) is 0 Å². The number of carbonyl (C=O) groups is 5. The van der Waals surface area contributed by atoms with Crippen LogP contribution in [0.1, 0.15) is 42.3 Å². The number of aromatic hydroxyl groups is 2. The van der Waals surface area contributed by atoms with Gasteiger partial charge in [-0.05, 0) is 27.7 Å². The minimum Gasteiger partial charge on any atom is -0.507 e. The van der Waals surface area contributed by atoms with Crippen LogP contribution in [-0.2, 0) is 24.6 Å². The molecule has 0 saturated carbocycles. The SMILES string of the molecule is CC(=O)c1c(O)c(C)c(O)c2c1OC1=CC(=O)C(=C(C)NCC(=O)NCC(=O)O)C(=O)C12C. The lowest BCUT2D eigenvalue weighted by Gasteiger charge is -2.29. The Labute approximate surface area is 187 Å². The van der Waals surface area contributed by atoms with Gasteiger partial charge >= 0.3 is 5.97 Å². The molecule has 11 nitrogen and oxygen atoms in total. The average molecular weight is 458 g/mol. The number of hydrogen-bond acceptors (Lipinski definition) is 9. The van der Waals surface area contributed by atoms with Crippen molar-refractivity contribution in [1.82, 2.24) is 10.6 Å². The number of aliphatic carboxylic acids is 1. The molecule has 174 valence electrons. The van der Waals surface area contributed by atoms with E-state index in [1.54, 1.807) is 0 Å². The number of hydrogen-bond donors (Lipinski definition) is 5. The van der Waals surface area contributed by atoms with Gasteiger partial charge in [-0.3, -0.25) is 24.0 Å². The zero-order valence-electron chi connectivity index (χ0n) is 18.3. The Morgan fingerprint density at radius 1 is 1.06 bits per heavy atom. The van der Waals surface area contributed by atoms with Gasteiger partial charge in [0.2, 0.25) is 5.91 Å². The maximum absolute atomic E-state index is 13.6. The summed E-state index contributed by atoms with van der Waals surface area (Å²) in [6, 6.07) is 0. The van der Waals surface area contributed by atoms with Crippen LogP contribution in [-0.4, -0.2) is 57.6 Å². The lowest BCUT2D eigenvalue weighted by Crippen LogP contribution is -2.42. The van der Waals surface area contributed by atoms with Crippen LogP contribution >= 0.6 is 0 Å². The van der Waals surface area contributed by atoms with Crippen molar-refractivity contribution in [1.29, 1.82) is 0 Å². The standard InChI is InChI=1S/C22H22N2O9/c1-8-18(30)16(10(3)25)20-17(19(8)31)22(4)12(33-20)5-11(26)15(21(22)32)9(2)23-6-13(27)24-7-14(28)29/h5,23,30-31H,6-7H2,1-4H3,(H,24,27)(H,28,29). The van der Waals surface area contributed by atoms with E-state index in [0.29, 0.717) is 0 Å². The number of rotatable bonds is 6. The van der Waals surface area contributed by atoms with Crippen molar-refractivity contribution in [3.8, 4) is 17.2 Å². The van der Waals surface area contributed by atoms with Gasteiger partial charge in [-0.25, -0.2) is 0 Å². The van der Waals surface area contributed by atoms with Crippen molar-refractivity contribution >= 4 is 29.2 Å². The van der Waals surface area contributed by atoms with Crippen molar-refractivity contribution < 1.29 is 44.0 Å². The molecular weight excluding hydrogens is 436 g/mol. The first-order valence-corrected chi connectivity index (χ1v) is 9.84. The van der Waals surface area contributed by atoms with Gasteiger partial charge in [0.05, 0.1) is 17.7 Å². The number of phenolic OH excluding ortho intramolecular Hbond substituents is 2. The lowest BCUT2D eigenvalue weighted by molar-refractivity contribution is -0.137. The Morgan fingerprint density at radius 2 is 1.70 bits per heavy atom. The van der Waals surface area contributed by atoms with Gasteiger partial charge in [-0.2, -0.15) is 0 Å². The molecule has 1 aliphatic heterocycles. The highest BCUT2D eigenvalue weighted by Gasteiger charge is 2.56. The van der Waals surface area contributed by atoms with Crippen LogP contribution in [0, 0.1) is 6.92 Å². The highest BCUT2D eigenvalue weighted by molar-refractivity contribution is 6.31. The third kappa shape index (κ3) is 3.60. The monoisotopic (exact) mass is 458 g/mol. The molecule has 5 N–H and O–H groups in total. The van der Waals surface area contributed by atoms with Gasteiger partial charge in [0.25, 0.3) is 0 Å². The molecule has 0 bridgehead atoms. The molecule has 3 rings (SSSR count). The Kier molecular flexibility index (Phi) is 5.76. The number of ether oxygens (including phenoxy) is 1. The maximum Gasteiger partial charge on any atom is 0.322 e. The number of Topliss-reactive ketones (excluding diaryl/α,β-unsaturated/α-hetero) is 2. The van der Waals surface area contributed by atoms with E-state index >= 15 is 0 Å². The molecule has 33 heavy (non-hydrogen) atoms. The second kappa shape index (κ2) is 8.08. The summed E-state index contributed by atoms with van der Waals surface area (Å²) < 4.78 is 5.66. The van der Waals surface area contributed by atoms with Crippen LogP contribution in [0.5, 0.6) is 17.2 Å². The van der Waals surface area contributed by atoms with E-state index < -0.39 is 59.2 Å². The normalized spacial score (nSPS) is 20.3. The molecule has 1 unspecified atom stereocenters.